The summed E-state index contributed by atoms with van der Waals surface area (Å²) < 4.78 is 17.0. The molecule has 0 aliphatic rings. The van der Waals surface area contributed by atoms with Gasteiger partial charge in [0.1, 0.15) is 13.2 Å². The van der Waals surface area contributed by atoms with Gasteiger partial charge in [-0.05, 0) is 77.0 Å². The molecule has 6 heteroatoms. The van der Waals surface area contributed by atoms with Crippen molar-refractivity contribution >= 4 is 17.9 Å². The molecule has 0 fully saturated rings. The highest BCUT2D eigenvalue weighted by atomic mass is 16.6. The lowest BCUT2D eigenvalue weighted by Crippen LogP contribution is -2.30. The molecule has 0 radical (unpaired) electrons. The molecule has 0 aromatic rings. The van der Waals surface area contributed by atoms with E-state index in [1.165, 1.54) is 308 Å². The van der Waals surface area contributed by atoms with Gasteiger partial charge in [0.25, 0.3) is 0 Å². The molecule has 0 aromatic carbocycles. The molecule has 1 atom stereocenters. The SMILES string of the molecule is CCCCC/C=C\C/C=C\CCCCCCCCCCCC(=O)OCC(COC(=O)CCCCCCCCCCCCCCCCCCCCCCCCCC)OC(=O)CCCCCCCCCCC/C=C\CCCCCCCCCC. The molecular weight excluding hydrogens is 1010 g/mol. The second kappa shape index (κ2) is 71.1. The van der Waals surface area contributed by atoms with Crippen molar-refractivity contribution in [2.45, 2.75) is 419 Å². The summed E-state index contributed by atoms with van der Waals surface area (Å²) >= 11 is 0. The van der Waals surface area contributed by atoms with Crippen molar-refractivity contribution in [3.05, 3.63) is 36.5 Å². The van der Waals surface area contributed by atoms with E-state index in [-0.39, 0.29) is 31.1 Å². The predicted molar refractivity (Wildman–Crippen MR) is 358 cm³/mol. The van der Waals surface area contributed by atoms with E-state index in [0.29, 0.717) is 19.3 Å². The third-order valence-electron chi connectivity index (χ3n) is 16.9. The zero-order chi connectivity index (χ0) is 59.2. The molecular formula is C76H142O6. The molecule has 0 spiro atoms. The molecule has 0 saturated carbocycles. The molecule has 82 heavy (non-hydrogen) atoms. The molecule has 0 aliphatic heterocycles. The Bertz CT molecular complexity index is 1370. The first kappa shape index (κ1) is 79.6. The second-order valence-electron chi connectivity index (χ2n) is 25.2. The number of unbranched alkanes of at least 4 members (excludes halogenated alkanes) is 52. The first-order valence-electron chi connectivity index (χ1n) is 37.0. The Morgan fingerprint density at radius 1 is 0.244 bits per heavy atom. The van der Waals surface area contributed by atoms with Crippen LogP contribution in [0.5, 0.6) is 0 Å². The molecule has 0 heterocycles. The van der Waals surface area contributed by atoms with Crippen LogP contribution in [0.2, 0.25) is 0 Å². The van der Waals surface area contributed by atoms with Gasteiger partial charge in [-0.2, -0.15) is 0 Å². The fourth-order valence-corrected chi connectivity index (χ4v) is 11.3. The largest absolute Gasteiger partial charge is 0.462 e. The summed E-state index contributed by atoms with van der Waals surface area (Å²) in [4.78, 5) is 38.5. The van der Waals surface area contributed by atoms with Crippen LogP contribution in [0, 0.1) is 0 Å². The minimum absolute atomic E-state index is 0.0690. The third kappa shape index (κ3) is 68.4. The molecule has 0 aliphatic carbocycles. The van der Waals surface area contributed by atoms with Gasteiger partial charge in [-0.3, -0.25) is 14.4 Å². The van der Waals surface area contributed by atoms with Gasteiger partial charge < -0.3 is 14.2 Å². The van der Waals surface area contributed by atoms with E-state index < -0.39 is 6.10 Å². The molecule has 0 bridgehead atoms. The molecule has 0 aromatic heterocycles. The Balaban J connectivity index is 4.30. The van der Waals surface area contributed by atoms with E-state index in [1.54, 1.807) is 0 Å². The van der Waals surface area contributed by atoms with Crippen LogP contribution in [0.3, 0.4) is 0 Å². The van der Waals surface area contributed by atoms with Crippen LogP contribution < -0.4 is 0 Å². The fourth-order valence-electron chi connectivity index (χ4n) is 11.3. The molecule has 1 unspecified atom stereocenters. The van der Waals surface area contributed by atoms with Gasteiger partial charge in [0.05, 0.1) is 0 Å². The van der Waals surface area contributed by atoms with E-state index in [1.807, 2.05) is 0 Å². The summed E-state index contributed by atoms with van der Waals surface area (Å²) in [5.41, 5.74) is 0. The van der Waals surface area contributed by atoms with Crippen LogP contribution >= 0.6 is 0 Å². The van der Waals surface area contributed by atoms with E-state index in [9.17, 15) is 14.4 Å². The minimum atomic E-state index is -0.775. The van der Waals surface area contributed by atoms with Gasteiger partial charge in [-0.25, -0.2) is 0 Å². The van der Waals surface area contributed by atoms with Crippen molar-refractivity contribution in [1.82, 2.24) is 0 Å². The van der Waals surface area contributed by atoms with Crippen LogP contribution in [0.1, 0.15) is 412 Å². The van der Waals surface area contributed by atoms with Crippen LogP contribution in [0.15, 0.2) is 36.5 Å². The zero-order valence-electron chi connectivity index (χ0n) is 55.5. The predicted octanol–water partition coefficient (Wildman–Crippen LogP) is 25.5. The molecule has 482 valence electrons. The highest BCUT2D eigenvalue weighted by Gasteiger charge is 2.20. The van der Waals surface area contributed by atoms with Crippen LogP contribution in [-0.2, 0) is 28.6 Å². The fraction of sp³-hybridized carbons (Fsp3) is 0.882. The maximum atomic E-state index is 13.0. The summed E-state index contributed by atoms with van der Waals surface area (Å²) in [6.45, 7) is 6.70. The van der Waals surface area contributed by atoms with E-state index in [2.05, 4.69) is 57.2 Å². The van der Waals surface area contributed by atoms with Gasteiger partial charge in [-0.15, -0.1) is 0 Å². The number of rotatable bonds is 69. The van der Waals surface area contributed by atoms with Gasteiger partial charge >= 0.3 is 17.9 Å². The Morgan fingerprint density at radius 2 is 0.439 bits per heavy atom. The van der Waals surface area contributed by atoms with E-state index in [0.717, 1.165) is 64.2 Å². The summed E-state index contributed by atoms with van der Waals surface area (Å²) in [7, 11) is 0. The number of allylic oxidation sites excluding steroid dienone is 6. The lowest BCUT2D eigenvalue weighted by molar-refractivity contribution is -0.167. The van der Waals surface area contributed by atoms with E-state index in [4.69, 9.17) is 14.2 Å². The zero-order valence-corrected chi connectivity index (χ0v) is 55.5. The molecule has 0 saturated heterocycles. The van der Waals surface area contributed by atoms with Crippen LogP contribution in [0.25, 0.3) is 0 Å². The number of carbonyl (C=O) groups is 3. The van der Waals surface area contributed by atoms with Crippen molar-refractivity contribution in [3.8, 4) is 0 Å². The Morgan fingerprint density at radius 3 is 0.707 bits per heavy atom. The Hall–Kier alpha value is -2.37. The highest BCUT2D eigenvalue weighted by molar-refractivity contribution is 5.71. The van der Waals surface area contributed by atoms with Gasteiger partial charge in [0.15, 0.2) is 6.10 Å². The Labute approximate surface area is 512 Å². The smallest absolute Gasteiger partial charge is 0.306 e. The number of ether oxygens (including phenoxy) is 3. The first-order valence-corrected chi connectivity index (χ1v) is 37.0. The monoisotopic (exact) mass is 1150 g/mol. The molecule has 6 nitrogen and oxygen atoms in total. The van der Waals surface area contributed by atoms with Crippen molar-refractivity contribution in [2.24, 2.45) is 0 Å². The summed E-state index contributed by atoms with van der Waals surface area (Å²) in [5, 5.41) is 0. The molecule has 0 N–H and O–H groups in total. The highest BCUT2D eigenvalue weighted by Crippen LogP contribution is 2.19. The molecule has 0 rings (SSSR count). The standard InChI is InChI=1S/C76H142O6/c1-4-7-10-13-16-19-22-25-28-31-34-36-37-38-40-42-45-48-51-54-57-60-63-66-69-75(78)81-72-73(71-80-74(77)68-65-62-59-56-53-50-47-44-41-33-30-27-24-21-18-15-12-9-6-3)82-76(79)70-67-64-61-58-55-52-49-46-43-39-35-32-29-26-23-20-17-14-11-8-5-2/h18,21,27,30,32,35,73H,4-17,19-20,22-26,28-29,31,33-34,36-72H2,1-3H3/b21-18-,30-27-,35-32-. The summed E-state index contributed by atoms with van der Waals surface area (Å²) in [6.07, 6.45) is 88.9. The Kier molecular flexibility index (Phi) is 69.1. The number of esters is 3. The first-order chi connectivity index (χ1) is 40.5. The maximum Gasteiger partial charge on any atom is 0.306 e. The normalized spacial score (nSPS) is 12.2. The minimum Gasteiger partial charge on any atom is -0.462 e. The quantitative estimate of drug-likeness (QED) is 0.0261. The van der Waals surface area contributed by atoms with Crippen molar-refractivity contribution in [1.29, 1.82) is 0 Å². The lowest BCUT2D eigenvalue weighted by Gasteiger charge is -2.18. The van der Waals surface area contributed by atoms with Gasteiger partial charge in [0.2, 0.25) is 0 Å². The second-order valence-corrected chi connectivity index (χ2v) is 25.2. The number of carbonyl (C=O) groups excluding carboxylic acids is 3. The lowest BCUT2D eigenvalue weighted by atomic mass is 10.0. The average Bonchev–Trinajstić information content (AvgIpc) is 3.47. The van der Waals surface area contributed by atoms with Crippen molar-refractivity contribution in [2.75, 3.05) is 13.2 Å². The van der Waals surface area contributed by atoms with Crippen LogP contribution in [0.4, 0.5) is 0 Å². The third-order valence-corrected chi connectivity index (χ3v) is 16.9. The average molecular weight is 1150 g/mol. The number of hydrogen-bond acceptors (Lipinski definition) is 6. The van der Waals surface area contributed by atoms with Gasteiger partial charge in [-0.1, -0.05) is 353 Å². The summed E-state index contributed by atoms with van der Waals surface area (Å²) in [5.74, 6) is -0.843. The van der Waals surface area contributed by atoms with Crippen LogP contribution in [-0.4, -0.2) is 37.2 Å². The van der Waals surface area contributed by atoms with Crippen molar-refractivity contribution in [3.63, 3.8) is 0 Å². The molecule has 0 amide bonds. The topological polar surface area (TPSA) is 78.9 Å². The maximum absolute atomic E-state index is 13.0. The number of hydrogen-bond donors (Lipinski definition) is 0. The van der Waals surface area contributed by atoms with Crippen molar-refractivity contribution < 1.29 is 28.6 Å². The van der Waals surface area contributed by atoms with E-state index >= 15 is 0 Å². The van der Waals surface area contributed by atoms with Gasteiger partial charge in [0, 0.05) is 19.3 Å². The summed E-state index contributed by atoms with van der Waals surface area (Å²) in [6, 6.07) is 0.